The molecule has 1 aromatic heterocycles. The Hall–Kier alpha value is -2.15. The third-order valence-electron chi connectivity index (χ3n) is 1.91. The molecular weight excluding hydrogens is 183 g/mol. The first kappa shape index (κ1) is 8.45. The van der Waals surface area contributed by atoms with Crippen LogP contribution >= 0.6 is 0 Å². The Morgan fingerprint density at radius 3 is 2.86 bits per heavy atom. The lowest BCUT2D eigenvalue weighted by atomic mass is 10.2. The number of nitriles is 1. The van der Waals surface area contributed by atoms with E-state index in [1.54, 1.807) is 6.07 Å². The maximum atomic E-state index is 12.8. The minimum absolute atomic E-state index is 0.133. The summed E-state index contributed by atoms with van der Waals surface area (Å²) < 4.78 is 12.8. The summed E-state index contributed by atoms with van der Waals surface area (Å²) in [5, 5.41) is 8.96. The van der Waals surface area contributed by atoms with Gasteiger partial charge >= 0.3 is 0 Å². The zero-order chi connectivity index (χ0) is 10.1. The summed E-state index contributed by atoms with van der Waals surface area (Å²) >= 11 is 0. The Kier molecular flexibility index (Phi) is 1.79. The van der Waals surface area contributed by atoms with Crippen LogP contribution in [-0.4, -0.2) is 4.98 Å². The van der Waals surface area contributed by atoms with E-state index >= 15 is 0 Å². The van der Waals surface area contributed by atoms with Gasteiger partial charge < -0.3 is 4.98 Å². The van der Waals surface area contributed by atoms with Gasteiger partial charge in [0.15, 0.2) is 5.43 Å². The summed E-state index contributed by atoms with van der Waals surface area (Å²) in [5.74, 6) is -0.441. The first-order valence-electron chi connectivity index (χ1n) is 3.93. The van der Waals surface area contributed by atoms with Gasteiger partial charge in [0.25, 0.3) is 0 Å². The van der Waals surface area contributed by atoms with E-state index < -0.39 is 5.82 Å². The van der Waals surface area contributed by atoms with Crippen molar-refractivity contribution in [1.29, 1.82) is 5.26 Å². The third-order valence-corrected chi connectivity index (χ3v) is 1.91. The number of rotatable bonds is 0. The van der Waals surface area contributed by atoms with Crippen molar-refractivity contribution in [3.63, 3.8) is 0 Å². The van der Waals surface area contributed by atoms with Crippen molar-refractivity contribution < 1.29 is 4.39 Å². The number of halogens is 1. The molecule has 0 aliphatic heterocycles. The van der Waals surface area contributed by atoms with Crippen LogP contribution in [0.4, 0.5) is 4.39 Å². The first-order valence-corrected chi connectivity index (χ1v) is 3.93. The summed E-state index contributed by atoms with van der Waals surface area (Å²) in [7, 11) is 0. The van der Waals surface area contributed by atoms with Crippen LogP contribution in [0.2, 0.25) is 0 Å². The smallest absolute Gasteiger partial charge is 0.190 e. The fourth-order valence-corrected chi connectivity index (χ4v) is 1.28. The SMILES string of the molecule is N#Cc1cc(=O)c2ccc(F)cc2[nH]1. The molecule has 1 aromatic carbocycles. The Morgan fingerprint density at radius 1 is 1.36 bits per heavy atom. The number of hydrogen-bond acceptors (Lipinski definition) is 2. The van der Waals surface area contributed by atoms with Crippen molar-refractivity contribution in [3.05, 3.63) is 46.0 Å². The van der Waals surface area contributed by atoms with Crippen molar-refractivity contribution in [2.75, 3.05) is 0 Å². The minimum Gasteiger partial charge on any atom is -0.346 e. The molecule has 0 aliphatic rings. The quantitative estimate of drug-likeness (QED) is 0.681. The summed E-state index contributed by atoms with van der Waals surface area (Å²) in [5.41, 5.74) is 0.192. The number of nitrogens with one attached hydrogen (secondary N) is 1. The van der Waals surface area contributed by atoms with Crippen molar-refractivity contribution in [2.45, 2.75) is 0 Å². The second kappa shape index (κ2) is 2.96. The van der Waals surface area contributed by atoms with Crippen molar-refractivity contribution in [1.82, 2.24) is 4.98 Å². The lowest BCUT2D eigenvalue weighted by Crippen LogP contribution is -2.03. The van der Waals surface area contributed by atoms with Gasteiger partial charge in [0.1, 0.15) is 17.6 Å². The maximum Gasteiger partial charge on any atom is 0.190 e. The molecule has 0 aliphatic carbocycles. The largest absolute Gasteiger partial charge is 0.346 e. The topological polar surface area (TPSA) is 56.6 Å². The number of H-pyrrole nitrogens is 1. The first-order chi connectivity index (χ1) is 6.70. The standard InChI is InChI=1S/C10H5FN2O/c11-6-1-2-8-9(3-6)13-7(5-12)4-10(8)14/h1-4H,(H,13,14). The number of benzene rings is 1. The number of hydrogen-bond donors (Lipinski definition) is 1. The molecule has 1 N–H and O–H groups in total. The van der Waals surface area contributed by atoms with Crippen LogP contribution in [0.25, 0.3) is 10.9 Å². The van der Waals surface area contributed by atoms with Crippen LogP contribution in [0.15, 0.2) is 29.1 Å². The van der Waals surface area contributed by atoms with Crippen LogP contribution in [0.5, 0.6) is 0 Å². The number of fused-ring (bicyclic) bond motifs is 1. The van der Waals surface area contributed by atoms with Crippen LogP contribution in [-0.2, 0) is 0 Å². The fraction of sp³-hybridized carbons (Fsp3) is 0. The van der Waals surface area contributed by atoms with E-state index in [0.717, 1.165) is 0 Å². The van der Waals surface area contributed by atoms with E-state index in [-0.39, 0.29) is 11.1 Å². The van der Waals surface area contributed by atoms with Crippen LogP contribution in [0.3, 0.4) is 0 Å². The predicted molar refractivity (Wildman–Crippen MR) is 49.2 cm³/mol. The summed E-state index contributed by atoms with van der Waals surface area (Å²) in [6, 6.07) is 6.79. The predicted octanol–water partition coefficient (Wildman–Crippen LogP) is 1.54. The molecule has 0 amide bonds. The van der Waals surface area contributed by atoms with Gasteiger partial charge in [-0.05, 0) is 18.2 Å². The molecule has 0 bridgehead atoms. The third kappa shape index (κ3) is 1.25. The van der Waals surface area contributed by atoms with Crippen LogP contribution in [0.1, 0.15) is 5.69 Å². The number of pyridine rings is 1. The van der Waals surface area contributed by atoms with Gasteiger partial charge in [0, 0.05) is 11.5 Å². The zero-order valence-corrected chi connectivity index (χ0v) is 7.04. The Labute approximate surface area is 78.4 Å². The molecule has 0 unspecified atom stereocenters. The Morgan fingerprint density at radius 2 is 2.14 bits per heavy atom. The summed E-state index contributed by atoms with van der Waals surface area (Å²) in [6.07, 6.45) is 0. The molecular formula is C10H5FN2O. The van der Waals surface area contributed by atoms with E-state index in [4.69, 9.17) is 5.26 Å². The molecule has 14 heavy (non-hydrogen) atoms. The Bertz CT molecular complexity index is 595. The second-order valence-electron chi connectivity index (χ2n) is 2.85. The number of aromatic amines is 1. The summed E-state index contributed by atoms with van der Waals surface area (Å²) in [4.78, 5) is 14.0. The van der Waals surface area contributed by atoms with Gasteiger partial charge in [-0.25, -0.2) is 4.39 Å². The minimum atomic E-state index is -0.441. The lowest BCUT2D eigenvalue weighted by molar-refractivity contribution is 0.629. The number of nitrogens with zero attached hydrogens (tertiary/aromatic N) is 1. The molecule has 0 saturated carbocycles. The highest BCUT2D eigenvalue weighted by atomic mass is 19.1. The second-order valence-corrected chi connectivity index (χ2v) is 2.85. The average molecular weight is 188 g/mol. The molecule has 3 nitrogen and oxygen atoms in total. The highest BCUT2D eigenvalue weighted by molar-refractivity contribution is 5.78. The summed E-state index contributed by atoms with van der Waals surface area (Å²) in [6.45, 7) is 0. The highest BCUT2D eigenvalue weighted by Gasteiger charge is 2.02. The van der Waals surface area contributed by atoms with Gasteiger partial charge in [-0.15, -0.1) is 0 Å². The van der Waals surface area contributed by atoms with Gasteiger partial charge in [-0.3, -0.25) is 4.79 Å². The normalized spacial score (nSPS) is 10.0. The van der Waals surface area contributed by atoms with Crippen LogP contribution < -0.4 is 5.43 Å². The maximum absolute atomic E-state index is 12.8. The molecule has 0 radical (unpaired) electrons. The van der Waals surface area contributed by atoms with E-state index in [9.17, 15) is 9.18 Å². The Balaban J connectivity index is 2.92. The van der Waals surface area contributed by atoms with Crippen molar-refractivity contribution >= 4 is 10.9 Å². The fourth-order valence-electron chi connectivity index (χ4n) is 1.28. The van der Waals surface area contributed by atoms with Crippen molar-refractivity contribution in [3.8, 4) is 6.07 Å². The van der Waals surface area contributed by atoms with E-state index in [1.165, 1.54) is 24.3 Å². The van der Waals surface area contributed by atoms with Gasteiger partial charge in [-0.2, -0.15) is 5.26 Å². The molecule has 0 saturated heterocycles. The molecule has 2 rings (SSSR count). The molecule has 2 aromatic rings. The van der Waals surface area contributed by atoms with Gasteiger partial charge in [0.2, 0.25) is 0 Å². The molecule has 68 valence electrons. The van der Waals surface area contributed by atoms with Gasteiger partial charge in [-0.1, -0.05) is 0 Å². The van der Waals surface area contributed by atoms with Gasteiger partial charge in [0.05, 0.1) is 5.52 Å². The van der Waals surface area contributed by atoms with Crippen molar-refractivity contribution in [2.24, 2.45) is 0 Å². The number of aromatic nitrogens is 1. The monoisotopic (exact) mass is 188 g/mol. The molecule has 1 heterocycles. The van der Waals surface area contributed by atoms with E-state index in [2.05, 4.69) is 4.98 Å². The lowest BCUT2D eigenvalue weighted by Gasteiger charge is -1.97. The molecule has 0 spiro atoms. The molecule has 0 atom stereocenters. The zero-order valence-electron chi connectivity index (χ0n) is 7.04. The van der Waals surface area contributed by atoms with E-state index in [1.807, 2.05) is 0 Å². The highest BCUT2D eigenvalue weighted by Crippen LogP contribution is 2.09. The van der Waals surface area contributed by atoms with E-state index in [0.29, 0.717) is 10.9 Å². The molecule has 0 fully saturated rings. The van der Waals surface area contributed by atoms with Crippen LogP contribution in [0, 0.1) is 17.1 Å². The average Bonchev–Trinajstić information content (AvgIpc) is 2.16. The molecule has 4 heteroatoms.